The van der Waals surface area contributed by atoms with Gasteiger partial charge in [0.25, 0.3) is 5.91 Å². The van der Waals surface area contributed by atoms with E-state index in [2.05, 4.69) is 29.7 Å². The molecule has 1 aliphatic heterocycles. The van der Waals surface area contributed by atoms with Crippen LogP contribution in [0.25, 0.3) is 0 Å². The molecule has 2 N–H and O–H groups in total. The Kier molecular flexibility index (Phi) is 7.15. The van der Waals surface area contributed by atoms with E-state index in [9.17, 15) is 9.59 Å². The molecule has 1 aliphatic rings. The molecule has 0 saturated heterocycles. The highest BCUT2D eigenvalue weighted by Gasteiger charge is 2.17. The molecule has 5 nitrogen and oxygen atoms in total. The van der Waals surface area contributed by atoms with E-state index in [0.717, 1.165) is 18.8 Å². The van der Waals surface area contributed by atoms with E-state index in [1.165, 1.54) is 19.3 Å². The van der Waals surface area contributed by atoms with Crippen LogP contribution in [-0.4, -0.2) is 24.1 Å². The molecular formula is C14H25N3O2. The summed E-state index contributed by atoms with van der Waals surface area (Å²) in [6.45, 7) is 5.17. The van der Waals surface area contributed by atoms with Gasteiger partial charge in [-0.15, -0.1) is 0 Å². The Hall–Kier alpha value is -1.39. The number of hydrogen-bond donors (Lipinski definition) is 2. The molecule has 0 aliphatic carbocycles. The highest BCUT2D eigenvalue weighted by atomic mass is 16.2. The van der Waals surface area contributed by atoms with Crippen LogP contribution in [0.1, 0.15) is 58.8 Å². The van der Waals surface area contributed by atoms with Crippen molar-refractivity contribution in [3.05, 3.63) is 0 Å². The molecule has 0 radical (unpaired) electrons. The molecular weight excluding hydrogens is 242 g/mol. The number of nitrogens with zero attached hydrogens (tertiary/aromatic N) is 1. The maximum Gasteiger partial charge on any atom is 0.267 e. The predicted molar refractivity (Wildman–Crippen MR) is 75.7 cm³/mol. The Morgan fingerprint density at radius 2 is 2.00 bits per heavy atom. The summed E-state index contributed by atoms with van der Waals surface area (Å²) < 4.78 is 0. The summed E-state index contributed by atoms with van der Waals surface area (Å²) >= 11 is 0. The lowest BCUT2D eigenvalue weighted by Gasteiger charge is -2.11. The Morgan fingerprint density at radius 3 is 2.63 bits per heavy atom. The molecule has 108 valence electrons. The normalized spacial score (nSPS) is 15.1. The average Bonchev–Trinajstić information content (AvgIpc) is 2.38. The van der Waals surface area contributed by atoms with Crippen LogP contribution in [0, 0.1) is 5.92 Å². The molecule has 0 saturated carbocycles. The fraction of sp³-hybridized carbons (Fsp3) is 0.786. The fourth-order valence-corrected chi connectivity index (χ4v) is 1.97. The third-order valence-corrected chi connectivity index (χ3v) is 3.16. The van der Waals surface area contributed by atoms with Gasteiger partial charge in [-0.2, -0.15) is 5.10 Å². The maximum atomic E-state index is 11.7. The van der Waals surface area contributed by atoms with Crippen molar-refractivity contribution in [3.8, 4) is 0 Å². The molecule has 0 aromatic carbocycles. The van der Waals surface area contributed by atoms with Gasteiger partial charge >= 0.3 is 0 Å². The minimum atomic E-state index is -0.151. The second kappa shape index (κ2) is 8.67. The fourth-order valence-electron chi connectivity index (χ4n) is 1.97. The maximum absolute atomic E-state index is 11.7. The Morgan fingerprint density at radius 1 is 1.26 bits per heavy atom. The van der Waals surface area contributed by atoms with Gasteiger partial charge in [0.2, 0.25) is 5.91 Å². The van der Waals surface area contributed by atoms with Crippen LogP contribution >= 0.6 is 0 Å². The topological polar surface area (TPSA) is 70.6 Å². The van der Waals surface area contributed by atoms with Gasteiger partial charge in [0.15, 0.2) is 0 Å². The molecule has 0 aromatic heterocycles. The quantitative estimate of drug-likeness (QED) is 0.660. The van der Waals surface area contributed by atoms with Gasteiger partial charge in [-0.3, -0.25) is 9.59 Å². The van der Waals surface area contributed by atoms with Crippen molar-refractivity contribution >= 4 is 17.5 Å². The van der Waals surface area contributed by atoms with Crippen molar-refractivity contribution in [1.82, 2.24) is 10.7 Å². The van der Waals surface area contributed by atoms with Crippen LogP contribution in [0.2, 0.25) is 0 Å². The van der Waals surface area contributed by atoms with Crippen molar-refractivity contribution in [2.45, 2.75) is 58.8 Å². The van der Waals surface area contributed by atoms with Crippen LogP contribution in [0.3, 0.4) is 0 Å². The monoisotopic (exact) mass is 267 g/mol. The first-order chi connectivity index (χ1) is 9.09. The second-order valence-corrected chi connectivity index (χ2v) is 5.45. The van der Waals surface area contributed by atoms with Crippen molar-refractivity contribution in [1.29, 1.82) is 0 Å². The van der Waals surface area contributed by atoms with Crippen molar-refractivity contribution in [2.24, 2.45) is 11.0 Å². The average molecular weight is 267 g/mol. The van der Waals surface area contributed by atoms with Crippen molar-refractivity contribution in [2.75, 3.05) is 6.54 Å². The Labute approximate surface area is 115 Å². The number of carbonyl (C=O) groups excluding carboxylic acids is 2. The minimum Gasteiger partial charge on any atom is -0.351 e. The summed E-state index contributed by atoms with van der Waals surface area (Å²) in [6, 6.07) is 0. The van der Waals surface area contributed by atoms with E-state index in [1.54, 1.807) is 0 Å². The minimum absolute atomic E-state index is 0.123. The van der Waals surface area contributed by atoms with Crippen LogP contribution in [0.5, 0.6) is 0 Å². The molecule has 1 heterocycles. The number of hydrazone groups is 1. The lowest BCUT2D eigenvalue weighted by atomic mass is 10.0. The van der Waals surface area contributed by atoms with Gasteiger partial charge in [0.1, 0.15) is 5.71 Å². The summed E-state index contributed by atoms with van der Waals surface area (Å²) in [7, 11) is 0. The highest BCUT2D eigenvalue weighted by molar-refractivity contribution is 6.39. The van der Waals surface area contributed by atoms with Crippen LogP contribution in [0.15, 0.2) is 5.10 Å². The van der Waals surface area contributed by atoms with Gasteiger partial charge in [-0.1, -0.05) is 39.5 Å². The van der Waals surface area contributed by atoms with Gasteiger partial charge in [-0.05, 0) is 12.3 Å². The molecule has 0 atom stereocenters. The molecule has 0 spiro atoms. The van der Waals surface area contributed by atoms with Crippen molar-refractivity contribution in [3.63, 3.8) is 0 Å². The number of hydrogen-bond acceptors (Lipinski definition) is 3. The van der Waals surface area contributed by atoms with Crippen LogP contribution in [-0.2, 0) is 9.59 Å². The smallest absolute Gasteiger partial charge is 0.267 e. The standard InChI is InChI=1S/C14H25N3O2/c1-11(2)7-5-3-4-6-10-15-14(19)12-8-9-13(18)17-16-12/h11H,3-10H2,1-2H3,(H,15,19)(H,17,18). The molecule has 0 unspecified atom stereocenters. The Balaban J connectivity index is 2.03. The number of nitrogens with one attached hydrogen (secondary N) is 2. The zero-order valence-corrected chi connectivity index (χ0v) is 12.0. The molecule has 1 rings (SSSR count). The largest absolute Gasteiger partial charge is 0.351 e. The van der Waals surface area contributed by atoms with Crippen LogP contribution < -0.4 is 10.7 Å². The number of carbonyl (C=O) groups is 2. The van der Waals surface area contributed by atoms with E-state index in [1.807, 2.05) is 0 Å². The summed E-state index contributed by atoms with van der Waals surface area (Å²) in [6.07, 6.45) is 6.71. The molecule has 5 heteroatoms. The lowest BCUT2D eigenvalue weighted by molar-refractivity contribution is -0.121. The van der Waals surface area contributed by atoms with E-state index in [-0.39, 0.29) is 11.8 Å². The molecule has 0 fully saturated rings. The molecule has 19 heavy (non-hydrogen) atoms. The van der Waals surface area contributed by atoms with E-state index < -0.39 is 0 Å². The van der Waals surface area contributed by atoms with Gasteiger partial charge in [0.05, 0.1) is 0 Å². The number of rotatable bonds is 8. The third kappa shape index (κ3) is 6.94. The summed E-state index contributed by atoms with van der Waals surface area (Å²) in [5.41, 5.74) is 2.76. The Bertz CT molecular complexity index is 338. The second-order valence-electron chi connectivity index (χ2n) is 5.45. The third-order valence-electron chi connectivity index (χ3n) is 3.16. The van der Waals surface area contributed by atoms with Gasteiger partial charge in [-0.25, -0.2) is 5.43 Å². The van der Waals surface area contributed by atoms with Crippen molar-refractivity contribution < 1.29 is 9.59 Å². The van der Waals surface area contributed by atoms with E-state index in [4.69, 9.17) is 0 Å². The molecule has 2 amide bonds. The number of unbranched alkanes of at least 4 members (excludes halogenated alkanes) is 3. The highest BCUT2D eigenvalue weighted by Crippen LogP contribution is 2.09. The zero-order valence-electron chi connectivity index (χ0n) is 12.0. The first kappa shape index (κ1) is 15.7. The predicted octanol–water partition coefficient (Wildman–Crippen LogP) is 1.98. The molecule has 0 aromatic rings. The SMILES string of the molecule is CC(C)CCCCCCNC(=O)C1=NNC(=O)CC1. The first-order valence-electron chi connectivity index (χ1n) is 7.23. The lowest BCUT2D eigenvalue weighted by Crippen LogP contribution is -2.37. The summed E-state index contributed by atoms with van der Waals surface area (Å²) in [5, 5.41) is 6.61. The van der Waals surface area contributed by atoms with Crippen LogP contribution in [0.4, 0.5) is 0 Å². The van der Waals surface area contributed by atoms with E-state index in [0.29, 0.717) is 25.1 Å². The zero-order chi connectivity index (χ0) is 14.1. The van der Waals surface area contributed by atoms with E-state index >= 15 is 0 Å². The molecule has 0 bridgehead atoms. The summed E-state index contributed by atoms with van der Waals surface area (Å²) in [4.78, 5) is 22.6. The summed E-state index contributed by atoms with van der Waals surface area (Å²) in [5.74, 6) is 0.503. The first-order valence-corrected chi connectivity index (χ1v) is 7.23. The van der Waals surface area contributed by atoms with Gasteiger partial charge < -0.3 is 5.32 Å². The number of amides is 2. The van der Waals surface area contributed by atoms with Gasteiger partial charge in [0, 0.05) is 19.4 Å².